The fourth-order valence-electron chi connectivity index (χ4n) is 1.47. The van der Waals surface area contributed by atoms with Gasteiger partial charge in [0.1, 0.15) is 12.4 Å². The highest BCUT2D eigenvalue weighted by molar-refractivity contribution is 9.10. The number of carbonyl (C=O) groups is 1. The topological polar surface area (TPSA) is 90.0 Å². The van der Waals surface area contributed by atoms with Gasteiger partial charge in [0.15, 0.2) is 0 Å². The molecule has 0 fully saturated rings. The lowest BCUT2D eigenvalue weighted by Gasteiger charge is -2.08. The molecular formula is C12H11BrN4O2. The number of aromatic nitrogens is 2. The number of benzene rings is 1. The van der Waals surface area contributed by atoms with Gasteiger partial charge in [-0.05, 0) is 34.1 Å². The van der Waals surface area contributed by atoms with E-state index in [1.807, 2.05) is 6.07 Å². The summed E-state index contributed by atoms with van der Waals surface area (Å²) in [5.74, 6) is -0.166. The molecule has 0 aliphatic heterocycles. The van der Waals surface area contributed by atoms with Crippen molar-refractivity contribution in [3.05, 3.63) is 51.2 Å². The fraction of sp³-hybridized carbons (Fsp3) is 0.0833. The molecule has 0 aliphatic carbocycles. The van der Waals surface area contributed by atoms with Crippen molar-refractivity contribution in [3.8, 4) is 0 Å². The van der Waals surface area contributed by atoms with Crippen molar-refractivity contribution in [2.45, 2.75) is 6.54 Å². The van der Waals surface area contributed by atoms with E-state index in [1.165, 1.54) is 12.1 Å². The van der Waals surface area contributed by atoms with E-state index < -0.39 is 0 Å². The maximum Gasteiger partial charge on any atom is 0.267 e. The molecule has 98 valence electrons. The normalized spacial score (nSPS) is 10.2. The van der Waals surface area contributed by atoms with Gasteiger partial charge in [-0.25, -0.2) is 4.68 Å². The molecule has 0 aliphatic rings. The number of nitrogen functional groups attached to an aromatic ring is 1. The molecule has 3 N–H and O–H groups in total. The van der Waals surface area contributed by atoms with E-state index in [2.05, 4.69) is 26.3 Å². The highest BCUT2D eigenvalue weighted by Crippen LogP contribution is 2.20. The van der Waals surface area contributed by atoms with Gasteiger partial charge >= 0.3 is 0 Å². The molecule has 1 amide bonds. The zero-order valence-corrected chi connectivity index (χ0v) is 11.4. The summed E-state index contributed by atoms with van der Waals surface area (Å²) < 4.78 is 1.78. The zero-order chi connectivity index (χ0) is 13.8. The minimum atomic E-state index is -0.378. The van der Waals surface area contributed by atoms with Crippen molar-refractivity contribution in [1.82, 2.24) is 9.78 Å². The van der Waals surface area contributed by atoms with Crippen LogP contribution in [0.5, 0.6) is 0 Å². The Labute approximate surface area is 117 Å². The van der Waals surface area contributed by atoms with Gasteiger partial charge in [-0.3, -0.25) is 9.59 Å². The van der Waals surface area contributed by atoms with Gasteiger partial charge < -0.3 is 11.1 Å². The number of nitrogens with one attached hydrogen (secondary N) is 1. The number of amides is 1. The summed E-state index contributed by atoms with van der Waals surface area (Å²) in [5, 5.41) is 6.47. The number of para-hydroxylation sites is 1. The lowest BCUT2D eigenvalue weighted by molar-refractivity contribution is -0.117. The Morgan fingerprint density at radius 2 is 2.05 bits per heavy atom. The molecule has 0 bridgehead atoms. The number of halogens is 1. The van der Waals surface area contributed by atoms with Crippen molar-refractivity contribution in [3.63, 3.8) is 0 Å². The molecule has 1 aromatic heterocycles. The highest BCUT2D eigenvalue weighted by Gasteiger charge is 2.08. The lowest BCUT2D eigenvalue weighted by Crippen LogP contribution is -2.29. The molecular weight excluding hydrogens is 312 g/mol. The number of anilines is 2. The van der Waals surface area contributed by atoms with Crippen LogP contribution in [0.3, 0.4) is 0 Å². The molecule has 2 aromatic rings. The molecule has 0 unspecified atom stereocenters. The van der Waals surface area contributed by atoms with Crippen LogP contribution in [0, 0.1) is 0 Å². The first kappa shape index (κ1) is 13.3. The average molecular weight is 323 g/mol. The summed E-state index contributed by atoms with van der Waals surface area (Å²) in [6.07, 6.45) is 0. The van der Waals surface area contributed by atoms with Crippen LogP contribution in [0.4, 0.5) is 11.5 Å². The summed E-state index contributed by atoms with van der Waals surface area (Å²) in [5.41, 5.74) is 5.72. The molecule has 7 heteroatoms. The summed E-state index contributed by atoms with van der Waals surface area (Å²) in [7, 11) is 0. The van der Waals surface area contributed by atoms with Crippen molar-refractivity contribution >= 4 is 33.3 Å². The Balaban J connectivity index is 2.12. The third-order valence-electron chi connectivity index (χ3n) is 2.33. The van der Waals surface area contributed by atoms with E-state index >= 15 is 0 Å². The third-order valence-corrected chi connectivity index (χ3v) is 3.02. The standard InChI is InChI=1S/C12H11BrN4O2/c13-8-3-1-2-4-9(8)15-11(18)7-17-12(19)6-5-10(14)16-17/h1-6H,7H2,(H2,14,16)(H,15,18). The Morgan fingerprint density at radius 1 is 1.32 bits per heavy atom. The van der Waals surface area contributed by atoms with E-state index in [9.17, 15) is 9.59 Å². The molecule has 0 saturated heterocycles. The highest BCUT2D eigenvalue weighted by atomic mass is 79.9. The van der Waals surface area contributed by atoms with Gasteiger partial charge in [-0.2, -0.15) is 5.10 Å². The molecule has 1 aromatic carbocycles. The molecule has 19 heavy (non-hydrogen) atoms. The Hall–Kier alpha value is -2.15. The van der Waals surface area contributed by atoms with Crippen LogP contribution in [0.1, 0.15) is 0 Å². The Morgan fingerprint density at radius 3 is 2.79 bits per heavy atom. The second-order valence-electron chi connectivity index (χ2n) is 3.78. The van der Waals surface area contributed by atoms with Gasteiger partial charge in [-0.1, -0.05) is 12.1 Å². The molecule has 2 rings (SSSR count). The van der Waals surface area contributed by atoms with Gasteiger partial charge in [0.2, 0.25) is 5.91 Å². The van der Waals surface area contributed by atoms with Gasteiger partial charge in [0.05, 0.1) is 5.69 Å². The maximum atomic E-state index is 11.8. The van der Waals surface area contributed by atoms with Crippen LogP contribution in [0.15, 0.2) is 45.7 Å². The average Bonchev–Trinajstić information content (AvgIpc) is 2.37. The van der Waals surface area contributed by atoms with Crippen LogP contribution in [0.2, 0.25) is 0 Å². The monoisotopic (exact) mass is 322 g/mol. The summed E-state index contributed by atoms with van der Waals surface area (Å²) in [4.78, 5) is 23.3. The zero-order valence-electron chi connectivity index (χ0n) is 9.84. The van der Waals surface area contributed by atoms with Gasteiger partial charge in [0, 0.05) is 10.5 Å². The first-order valence-electron chi connectivity index (χ1n) is 5.44. The lowest BCUT2D eigenvalue weighted by atomic mass is 10.3. The summed E-state index contributed by atoms with van der Waals surface area (Å²) in [6.45, 7) is -0.189. The van der Waals surface area contributed by atoms with Crippen LogP contribution in [-0.2, 0) is 11.3 Å². The van der Waals surface area contributed by atoms with E-state index in [0.717, 1.165) is 9.15 Å². The number of hydrogen-bond acceptors (Lipinski definition) is 4. The predicted octanol–water partition coefficient (Wildman–Crippen LogP) is 1.23. The van der Waals surface area contributed by atoms with E-state index in [-0.39, 0.29) is 23.8 Å². The minimum Gasteiger partial charge on any atom is -0.382 e. The number of rotatable bonds is 3. The molecule has 0 saturated carbocycles. The van der Waals surface area contributed by atoms with Crippen LogP contribution < -0.4 is 16.6 Å². The number of hydrogen-bond donors (Lipinski definition) is 2. The smallest absolute Gasteiger partial charge is 0.267 e. The molecule has 0 spiro atoms. The molecule has 0 atom stereocenters. The van der Waals surface area contributed by atoms with Crippen LogP contribution in [-0.4, -0.2) is 15.7 Å². The fourth-order valence-corrected chi connectivity index (χ4v) is 1.85. The van der Waals surface area contributed by atoms with E-state index in [1.54, 1.807) is 18.2 Å². The second kappa shape index (κ2) is 5.66. The maximum absolute atomic E-state index is 11.8. The quantitative estimate of drug-likeness (QED) is 0.889. The van der Waals surface area contributed by atoms with E-state index in [0.29, 0.717) is 5.69 Å². The number of nitrogens with two attached hydrogens (primary N) is 1. The first-order chi connectivity index (χ1) is 9.06. The first-order valence-corrected chi connectivity index (χ1v) is 6.23. The Bertz CT molecular complexity index is 669. The Kier molecular flexibility index (Phi) is 3.96. The summed E-state index contributed by atoms with van der Waals surface area (Å²) >= 11 is 3.32. The largest absolute Gasteiger partial charge is 0.382 e. The minimum absolute atomic E-state index is 0.188. The number of carbonyl (C=O) groups excluding carboxylic acids is 1. The molecule has 0 radical (unpaired) electrons. The van der Waals surface area contributed by atoms with Crippen molar-refractivity contribution in [2.75, 3.05) is 11.1 Å². The van der Waals surface area contributed by atoms with E-state index in [4.69, 9.17) is 5.73 Å². The van der Waals surface area contributed by atoms with Gasteiger partial charge in [0.25, 0.3) is 5.56 Å². The van der Waals surface area contributed by atoms with Crippen LogP contribution in [0.25, 0.3) is 0 Å². The van der Waals surface area contributed by atoms with Crippen molar-refractivity contribution in [1.29, 1.82) is 0 Å². The molecule has 6 nitrogen and oxygen atoms in total. The van der Waals surface area contributed by atoms with Crippen molar-refractivity contribution in [2.24, 2.45) is 0 Å². The number of nitrogens with zero attached hydrogens (tertiary/aromatic N) is 2. The van der Waals surface area contributed by atoms with Gasteiger partial charge in [-0.15, -0.1) is 0 Å². The molecule has 1 heterocycles. The third kappa shape index (κ3) is 3.41. The summed E-state index contributed by atoms with van der Waals surface area (Å²) in [6, 6.07) is 9.85. The second-order valence-corrected chi connectivity index (χ2v) is 4.64. The van der Waals surface area contributed by atoms with Crippen molar-refractivity contribution < 1.29 is 4.79 Å². The van der Waals surface area contributed by atoms with Crippen LogP contribution >= 0.6 is 15.9 Å². The predicted molar refractivity (Wildman–Crippen MR) is 75.7 cm³/mol. The SMILES string of the molecule is Nc1ccc(=O)n(CC(=O)Nc2ccccc2Br)n1.